The molecule has 9 nitrogen and oxygen atoms in total. The smallest absolute Gasteiger partial charge is 0.223 e. The molecule has 2 amide bonds. The minimum Gasteiger partial charge on any atom is -0.369 e. The molecule has 156 valence electrons. The molecule has 0 bridgehead atoms. The summed E-state index contributed by atoms with van der Waals surface area (Å²) in [6.07, 6.45) is 6.92. The molecule has 0 spiro atoms. The zero-order valence-corrected chi connectivity index (χ0v) is 16.8. The average molecular weight is 399 g/mol. The van der Waals surface area contributed by atoms with E-state index in [-0.39, 0.29) is 11.8 Å². The minimum atomic E-state index is 0.187. The summed E-state index contributed by atoms with van der Waals surface area (Å²) in [5, 5.41) is 16.3. The van der Waals surface area contributed by atoms with Crippen molar-refractivity contribution < 1.29 is 9.59 Å². The number of carbonyl (C=O) groups is 2. The number of hydrogen-bond acceptors (Lipinski definition) is 6. The summed E-state index contributed by atoms with van der Waals surface area (Å²) in [7, 11) is 0. The highest BCUT2D eigenvalue weighted by Crippen LogP contribution is 2.13. The third-order valence-electron chi connectivity index (χ3n) is 5.68. The molecule has 0 atom stereocenters. The van der Waals surface area contributed by atoms with Crippen molar-refractivity contribution in [2.45, 2.75) is 51.4 Å². The Morgan fingerprint density at radius 3 is 2.72 bits per heavy atom. The van der Waals surface area contributed by atoms with Crippen LogP contribution in [0.4, 0.5) is 5.82 Å². The van der Waals surface area contributed by atoms with Crippen LogP contribution in [0.5, 0.6) is 0 Å². The predicted molar refractivity (Wildman–Crippen MR) is 108 cm³/mol. The van der Waals surface area contributed by atoms with Crippen LogP contribution in [0.1, 0.15) is 50.8 Å². The van der Waals surface area contributed by atoms with Gasteiger partial charge in [-0.05, 0) is 44.2 Å². The Balaban J connectivity index is 1.30. The minimum absolute atomic E-state index is 0.187. The van der Waals surface area contributed by atoms with E-state index >= 15 is 0 Å². The number of hydrogen-bond donors (Lipinski definition) is 1. The SMILES string of the molecule is O=C1CCCN1CCCNc1ccc2nnc(CCC(=O)N3CCCCC3)n2n1. The van der Waals surface area contributed by atoms with Gasteiger partial charge in [-0.2, -0.15) is 4.52 Å². The highest BCUT2D eigenvalue weighted by atomic mass is 16.2. The van der Waals surface area contributed by atoms with Crippen LogP contribution < -0.4 is 5.32 Å². The van der Waals surface area contributed by atoms with Gasteiger partial charge in [-0.25, -0.2) is 0 Å². The Kier molecular flexibility index (Phi) is 6.21. The van der Waals surface area contributed by atoms with E-state index in [9.17, 15) is 9.59 Å². The largest absolute Gasteiger partial charge is 0.369 e. The third-order valence-corrected chi connectivity index (χ3v) is 5.68. The number of carbonyl (C=O) groups excluding carboxylic acids is 2. The van der Waals surface area contributed by atoms with Crippen LogP contribution in [0, 0.1) is 0 Å². The summed E-state index contributed by atoms with van der Waals surface area (Å²) in [5.41, 5.74) is 0.679. The summed E-state index contributed by atoms with van der Waals surface area (Å²) < 4.78 is 1.72. The van der Waals surface area contributed by atoms with Gasteiger partial charge in [0.2, 0.25) is 11.8 Å². The maximum Gasteiger partial charge on any atom is 0.223 e. The lowest BCUT2D eigenvalue weighted by Crippen LogP contribution is -2.35. The van der Waals surface area contributed by atoms with E-state index in [4.69, 9.17) is 0 Å². The lowest BCUT2D eigenvalue weighted by molar-refractivity contribution is -0.132. The van der Waals surface area contributed by atoms with Crippen molar-refractivity contribution in [2.75, 3.05) is 38.0 Å². The highest BCUT2D eigenvalue weighted by molar-refractivity contribution is 5.78. The first-order valence-corrected chi connectivity index (χ1v) is 10.7. The van der Waals surface area contributed by atoms with Crippen molar-refractivity contribution >= 4 is 23.3 Å². The van der Waals surface area contributed by atoms with Crippen LogP contribution in [0.2, 0.25) is 0 Å². The van der Waals surface area contributed by atoms with Crippen LogP contribution in [-0.4, -0.2) is 74.1 Å². The van der Waals surface area contributed by atoms with Gasteiger partial charge in [-0.3, -0.25) is 9.59 Å². The fourth-order valence-corrected chi connectivity index (χ4v) is 4.03. The summed E-state index contributed by atoms with van der Waals surface area (Å²) in [4.78, 5) is 27.9. The number of amides is 2. The van der Waals surface area contributed by atoms with E-state index in [0.717, 1.165) is 64.2 Å². The molecule has 0 radical (unpaired) electrons. The second-order valence-electron chi connectivity index (χ2n) is 7.81. The second-order valence-corrected chi connectivity index (χ2v) is 7.81. The van der Waals surface area contributed by atoms with Crippen LogP contribution in [-0.2, 0) is 16.0 Å². The Morgan fingerprint density at radius 1 is 1.07 bits per heavy atom. The number of aryl methyl sites for hydroxylation is 1. The van der Waals surface area contributed by atoms with Crippen molar-refractivity contribution in [2.24, 2.45) is 0 Å². The van der Waals surface area contributed by atoms with Crippen LogP contribution in [0.15, 0.2) is 12.1 Å². The first-order chi connectivity index (χ1) is 14.2. The van der Waals surface area contributed by atoms with E-state index < -0.39 is 0 Å². The summed E-state index contributed by atoms with van der Waals surface area (Å²) in [6.45, 7) is 4.14. The lowest BCUT2D eigenvalue weighted by atomic mass is 10.1. The van der Waals surface area contributed by atoms with Gasteiger partial charge in [-0.1, -0.05) is 0 Å². The Bertz CT molecular complexity index is 860. The Morgan fingerprint density at radius 2 is 1.93 bits per heavy atom. The summed E-state index contributed by atoms with van der Waals surface area (Å²) in [6, 6.07) is 3.76. The molecule has 0 aromatic carbocycles. The lowest BCUT2D eigenvalue weighted by Gasteiger charge is -2.26. The van der Waals surface area contributed by atoms with Gasteiger partial charge in [0.25, 0.3) is 0 Å². The standard InChI is InChI=1S/C20H29N7O2/c28-19-6-4-14-26(19)15-5-11-21-16-7-8-17-22-23-18(27(17)24-16)9-10-20(29)25-12-2-1-3-13-25/h7-8H,1-6,9-15H2,(H,21,24). The molecule has 0 aliphatic carbocycles. The molecule has 0 unspecified atom stereocenters. The van der Waals surface area contributed by atoms with Gasteiger partial charge in [0.1, 0.15) is 5.82 Å². The van der Waals surface area contributed by atoms with E-state index in [0.29, 0.717) is 30.7 Å². The number of rotatable bonds is 8. The predicted octanol–water partition coefficient (Wildman–Crippen LogP) is 1.49. The van der Waals surface area contributed by atoms with Crippen LogP contribution in [0.25, 0.3) is 5.65 Å². The highest BCUT2D eigenvalue weighted by Gasteiger charge is 2.19. The van der Waals surface area contributed by atoms with Gasteiger partial charge < -0.3 is 15.1 Å². The molecule has 9 heteroatoms. The molecule has 2 aromatic heterocycles. The van der Waals surface area contributed by atoms with E-state index in [1.165, 1.54) is 6.42 Å². The maximum absolute atomic E-state index is 12.4. The molecule has 2 saturated heterocycles. The number of nitrogens with zero attached hydrogens (tertiary/aromatic N) is 6. The van der Waals surface area contributed by atoms with E-state index in [1.54, 1.807) is 4.52 Å². The topological polar surface area (TPSA) is 95.7 Å². The molecule has 1 N–H and O–H groups in total. The number of nitrogens with one attached hydrogen (secondary N) is 1. The molecular weight excluding hydrogens is 370 g/mol. The fraction of sp³-hybridized carbons (Fsp3) is 0.650. The van der Waals surface area contributed by atoms with Crippen LogP contribution in [0.3, 0.4) is 0 Å². The van der Waals surface area contributed by atoms with Crippen molar-refractivity contribution in [1.82, 2.24) is 29.6 Å². The number of fused-ring (bicyclic) bond motifs is 1. The number of likely N-dealkylation sites (tertiary alicyclic amines) is 2. The van der Waals surface area contributed by atoms with Gasteiger partial charge in [-0.15, -0.1) is 15.3 Å². The van der Waals surface area contributed by atoms with Gasteiger partial charge in [0.15, 0.2) is 11.5 Å². The zero-order chi connectivity index (χ0) is 20.1. The molecule has 2 fully saturated rings. The van der Waals surface area contributed by atoms with Crippen LogP contribution >= 0.6 is 0 Å². The first-order valence-electron chi connectivity index (χ1n) is 10.7. The maximum atomic E-state index is 12.4. The average Bonchev–Trinajstić information content (AvgIpc) is 3.35. The van der Waals surface area contributed by atoms with Gasteiger partial charge in [0, 0.05) is 52.0 Å². The number of anilines is 1. The zero-order valence-electron chi connectivity index (χ0n) is 16.8. The third kappa shape index (κ3) is 4.83. The molecule has 0 saturated carbocycles. The second kappa shape index (κ2) is 9.19. The Hall–Kier alpha value is -2.71. The first kappa shape index (κ1) is 19.6. The van der Waals surface area contributed by atoms with Crippen molar-refractivity contribution in [1.29, 1.82) is 0 Å². The van der Waals surface area contributed by atoms with E-state index in [1.807, 2.05) is 21.9 Å². The van der Waals surface area contributed by atoms with Crippen molar-refractivity contribution in [3.05, 3.63) is 18.0 Å². The molecule has 2 aliphatic rings. The quantitative estimate of drug-likeness (QED) is 0.676. The fourth-order valence-electron chi connectivity index (χ4n) is 4.03. The summed E-state index contributed by atoms with van der Waals surface area (Å²) >= 11 is 0. The van der Waals surface area contributed by atoms with Crippen molar-refractivity contribution in [3.8, 4) is 0 Å². The molecule has 4 rings (SSSR count). The molecule has 2 aromatic rings. The van der Waals surface area contributed by atoms with Gasteiger partial charge in [0.05, 0.1) is 0 Å². The van der Waals surface area contributed by atoms with E-state index in [2.05, 4.69) is 20.6 Å². The normalized spacial score (nSPS) is 17.3. The molecule has 29 heavy (non-hydrogen) atoms. The number of piperidine rings is 1. The van der Waals surface area contributed by atoms with Crippen molar-refractivity contribution in [3.63, 3.8) is 0 Å². The van der Waals surface area contributed by atoms with Gasteiger partial charge >= 0.3 is 0 Å². The summed E-state index contributed by atoms with van der Waals surface area (Å²) in [5.74, 6) is 1.90. The number of aromatic nitrogens is 4. The Labute approximate surface area is 170 Å². The molecular formula is C20H29N7O2. The molecule has 4 heterocycles. The molecule has 2 aliphatic heterocycles. The monoisotopic (exact) mass is 399 g/mol.